The third-order valence-corrected chi connectivity index (χ3v) is 2.47. The Hall–Kier alpha value is -1.30. The van der Waals surface area contributed by atoms with Gasteiger partial charge in [0.15, 0.2) is 0 Å². The normalized spacial score (nSPS) is 9.94. The van der Waals surface area contributed by atoms with Crippen LogP contribution in [0.3, 0.4) is 0 Å². The summed E-state index contributed by atoms with van der Waals surface area (Å²) in [7, 11) is 3.58. The Balaban J connectivity index is 3.02. The molecule has 0 heterocycles. The first-order valence-corrected chi connectivity index (χ1v) is 5.94. The predicted molar refractivity (Wildman–Crippen MR) is 69.7 cm³/mol. The maximum absolute atomic E-state index is 10.8. The molecule has 0 amide bonds. The van der Waals surface area contributed by atoms with Gasteiger partial charge in [-0.25, -0.2) is 0 Å². The van der Waals surface area contributed by atoms with Crippen LogP contribution in [0.4, 0.5) is 17.1 Å². The molecule has 0 fully saturated rings. The molecule has 0 radical (unpaired) electrons. The van der Waals surface area contributed by atoms with Crippen molar-refractivity contribution in [3.8, 4) is 0 Å². The van der Waals surface area contributed by atoms with Crippen LogP contribution < -0.4 is 10.2 Å². The highest BCUT2D eigenvalue weighted by molar-refractivity contribution is 9.09. The van der Waals surface area contributed by atoms with Crippen molar-refractivity contribution in [2.24, 2.45) is 0 Å². The van der Waals surface area contributed by atoms with Crippen molar-refractivity contribution in [1.29, 1.82) is 0 Å². The van der Waals surface area contributed by atoms with Crippen LogP contribution in [-0.4, -0.2) is 30.9 Å². The molecule has 0 saturated carbocycles. The van der Waals surface area contributed by atoms with E-state index in [1.54, 1.807) is 31.1 Å². The van der Waals surface area contributed by atoms with Gasteiger partial charge in [-0.15, -0.1) is 0 Å². The van der Waals surface area contributed by atoms with Crippen LogP contribution >= 0.6 is 15.9 Å². The van der Waals surface area contributed by atoms with Crippen LogP contribution in [0.5, 0.6) is 0 Å². The number of hydrogen-bond acceptors (Lipinski definition) is 4. The lowest BCUT2D eigenvalue weighted by molar-refractivity contribution is -0.384. The smallest absolute Gasteiger partial charge is 0.292 e. The molecule has 0 aliphatic heterocycles. The molecule has 6 heteroatoms. The number of alkyl halides is 1. The molecule has 0 unspecified atom stereocenters. The number of nitro benzene ring substituents is 1. The lowest BCUT2D eigenvalue weighted by Gasteiger charge is -2.14. The Kier molecular flexibility index (Phi) is 4.54. The van der Waals surface area contributed by atoms with Gasteiger partial charge in [-0.3, -0.25) is 10.1 Å². The van der Waals surface area contributed by atoms with Crippen molar-refractivity contribution in [1.82, 2.24) is 0 Å². The molecule has 0 aliphatic carbocycles. The third kappa shape index (κ3) is 3.10. The van der Waals surface area contributed by atoms with E-state index >= 15 is 0 Å². The summed E-state index contributed by atoms with van der Waals surface area (Å²) in [4.78, 5) is 12.2. The summed E-state index contributed by atoms with van der Waals surface area (Å²) < 4.78 is 0. The molecule has 0 atom stereocenters. The summed E-state index contributed by atoms with van der Waals surface area (Å²) in [6.45, 7) is 0.782. The predicted octanol–water partition coefficient (Wildman–Crippen LogP) is 2.47. The van der Waals surface area contributed by atoms with Crippen LogP contribution in [0.1, 0.15) is 0 Å². The van der Waals surface area contributed by atoms with Crippen molar-refractivity contribution in [2.45, 2.75) is 0 Å². The monoisotopic (exact) mass is 287 g/mol. The number of rotatable bonds is 5. The van der Waals surface area contributed by atoms with E-state index in [2.05, 4.69) is 21.2 Å². The van der Waals surface area contributed by atoms with Gasteiger partial charge in [-0.1, -0.05) is 15.9 Å². The van der Waals surface area contributed by atoms with E-state index < -0.39 is 0 Å². The molecule has 16 heavy (non-hydrogen) atoms. The minimum absolute atomic E-state index is 0.120. The van der Waals surface area contributed by atoms with Gasteiger partial charge >= 0.3 is 0 Å². The molecule has 1 N–H and O–H groups in total. The first-order chi connectivity index (χ1) is 7.56. The van der Waals surface area contributed by atoms with Crippen LogP contribution in [0.2, 0.25) is 0 Å². The molecule has 0 spiro atoms. The van der Waals surface area contributed by atoms with Gasteiger partial charge in [0, 0.05) is 37.7 Å². The quantitative estimate of drug-likeness (QED) is 0.513. The zero-order valence-electron chi connectivity index (χ0n) is 9.24. The first kappa shape index (κ1) is 12.8. The van der Waals surface area contributed by atoms with E-state index in [0.717, 1.165) is 17.6 Å². The molecular weight excluding hydrogens is 274 g/mol. The van der Waals surface area contributed by atoms with Gasteiger partial charge in [-0.05, 0) is 12.1 Å². The lowest BCUT2D eigenvalue weighted by Crippen LogP contribution is -2.12. The lowest BCUT2D eigenvalue weighted by atomic mass is 10.2. The second kappa shape index (κ2) is 5.69. The first-order valence-electron chi connectivity index (χ1n) is 4.82. The molecule has 0 bridgehead atoms. The zero-order valence-corrected chi connectivity index (χ0v) is 10.8. The number of halogens is 1. The third-order valence-electron chi connectivity index (χ3n) is 2.08. The number of nitrogens with one attached hydrogen (secondary N) is 1. The van der Waals surface area contributed by atoms with E-state index in [0.29, 0.717) is 5.69 Å². The summed E-state index contributed by atoms with van der Waals surface area (Å²) >= 11 is 3.31. The summed E-state index contributed by atoms with van der Waals surface area (Å²) in [5.74, 6) is 0. The van der Waals surface area contributed by atoms with Crippen molar-refractivity contribution in [3.05, 3.63) is 28.3 Å². The fourth-order valence-electron chi connectivity index (χ4n) is 1.34. The molecule has 0 saturated heterocycles. The largest absolute Gasteiger partial charge is 0.384 e. The average molecular weight is 288 g/mol. The number of nitro groups is 1. The molecule has 5 nitrogen and oxygen atoms in total. The van der Waals surface area contributed by atoms with E-state index in [4.69, 9.17) is 0 Å². The Morgan fingerprint density at radius 3 is 2.69 bits per heavy atom. The van der Waals surface area contributed by atoms with Crippen LogP contribution in [-0.2, 0) is 0 Å². The SMILES string of the molecule is CN(C)c1cc(NCCBr)ccc1[N+](=O)[O-]. The number of benzene rings is 1. The van der Waals surface area contributed by atoms with Crippen molar-refractivity contribution in [3.63, 3.8) is 0 Å². The minimum Gasteiger partial charge on any atom is -0.384 e. The van der Waals surface area contributed by atoms with E-state index in [-0.39, 0.29) is 10.6 Å². The number of anilines is 2. The van der Waals surface area contributed by atoms with Gasteiger partial charge in [0.25, 0.3) is 5.69 Å². The Bertz CT molecular complexity index is 382. The molecule has 1 aromatic rings. The second-order valence-electron chi connectivity index (χ2n) is 3.47. The average Bonchev–Trinajstić information content (AvgIpc) is 2.25. The highest BCUT2D eigenvalue weighted by Crippen LogP contribution is 2.29. The van der Waals surface area contributed by atoms with Gasteiger partial charge in [-0.2, -0.15) is 0 Å². The highest BCUT2D eigenvalue weighted by atomic mass is 79.9. The minimum atomic E-state index is -0.371. The zero-order chi connectivity index (χ0) is 12.1. The van der Waals surface area contributed by atoms with Crippen LogP contribution in [0.15, 0.2) is 18.2 Å². The summed E-state index contributed by atoms with van der Waals surface area (Å²) in [6, 6.07) is 5.01. The Morgan fingerprint density at radius 1 is 1.50 bits per heavy atom. The second-order valence-corrected chi connectivity index (χ2v) is 4.26. The van der Waals surface area contributed by atoms with Gasteiger partial charge in [0.2, 0.25) is 0 Å². The number of hydrogen-bond donors (Lipinski definition) is 1. The van der Waals surface area contributed by atoms with Crippen LogP contribution in [0, 0.1) is 10.1 Å². The standard InChI is InChI=1S/C10H14BrN3O2/c1-13(2)10-7-8(12-6-5-11)3-4-9(10)14(15)16/h3-4,7,12H,5-6H2,1-2H3. The number of nitrogens with zero attached hydrogens (tertiary/aromatic N) is 2. The fraction of sp³-hybridized carbons (Fsp3) is 0.400. The van der Waals surface area contributed by atoms with Gasteiger partial charge < -0.3 is 10.2 Å². The Morgan fingerprint density at radius 2 is 2.19 bits per heavy atom. The fourth-order valence-corrected chi connectivity index (χ4v) is 1.54. The summed E-state index contributed by atoms with van der Waals surface area (Å²) in [5, 5.41) is 14.8. The molecule has 0 aliphatic rings. The van der Waals surface area contributed by atoms with Crippen molar-refractivity contribution in [2.75, 3.05) is 36.2 Å². The maximum Gasteiger partial charge on any atom is 0.292 e. The van der Waals surface area contributed by atoms with E-state index in [1.807, 2.05) is 0 Å². The van der Waals surface area contributed by atoms with E-state index in [1.165, 1.54) is 6.07 Å². The molecular formula is C10H14BrN3O2. The van der Waals surface area contributed by atoms with Gasteiger partial charge in [0.1, 0.15) is 5.69 Å². The molecule has 1 aromatic carbocycles. The highest BCUT2D eigenvalue weighted by Gasteiger charge is 2.15. The maximum atomic E-state index is 10.8. The Labute approximate surface area is 103 Å². The molecule has 88 valence electrons. The van der Waals surface area contributed by atoms with Crippen LogP contribution in [0.25, 0.3) is 0 Å². The van der Waals surface area contributed by atoms with Crippen molar-refractivity contribution >= 4 is 33.0 Å². The molecule has 1 rings (SSSR count). The summed E-state index contributed by atoms with van der Waals surface area (Å²) in [5.41, 5.74) is 1.60. The van der Waals surface area contributed by atoms with Gasteiger partial charge in [0.05, 0.1) is 4.92 Å². The van der Waals surface area contributed by atoms with E-state index in [9.17, 15) is 10.1 Å². The molecule has 0 aromatic heterocycles. The van der Waals surface area contributed by atoms with Crippen molar-refractivity contribution < 1.29 is 4.92 Å². The topological polar surface area (TPSA) is 58.4 Å². The summed E-state index contributed by atoms with van der Waals surface area (Å²) in [6.07, 6.45) is 0.